The number of nitrogens with zero attached hydrogens (tertiary/aromatic N) is 1. The average Bonchev–Trinajstić information content (AvgIpc) is 2.52. The van der Waals surface area contributed by atoms with Gasteiger partial charge in [-0.15, -0.1) is 0 Å². The van der Waals surface area contributed by atoms with Gasteiger partial charge in [-0.25, -0.2) is 0 Å². The third-order valence-corrected chi connectivity index (χ3v) is 10.2. The van der Waals surface area contributed by atoms with E-state index in [1.807, 2.05) is 0 Å². The summed E-state index contributed by atoms with van der Waals surface area (Å²) in [6, 6.07) is 10.6. The molecule has 0 aromatic heterocycles. The van der Waals surface area contributed by atoms with Gasteiger partial charge in [0.25, 0.3) is 0 Å². The number of hydrogen-bond donors (Lipinski definition) is 1. The number of benzene rings is 1. The first kappa shape index (κ1) is 19.6. The van der Waals surface area contributed by atoms with Crippen LogP contribution in [0.5, 0.6) is 0 Å². The summed E-state index contributed by atoms with van der Waals surface area (Å²) >= 11 is 0. The first-order valence-corrected chi connectivity index (χ1v) is 12.1. The van der Waals surface area contributed by atoms with Crippen LogP contribution in [0.3, 0.4) is 0 Å². The molecule has 1 aromatic carbocycles. The standard InChI is InChI=1S/C20H35NO2Si/c1-20(2,3)24(4,5)23-16-19-11-18(15-22)13-21(14-19)12-17-9-7-6-8-10-17/h6-10,18-19,22H,11-16H2,1-5H3. The maximum Gasteiger partial charge on any atom is 0.191 e. The Morgan fingerprint density at radius 2 is 1.75 bits per heavy atom. The van der Waals surface area contributed by atoms with Crippen molar-refractivity contribution >= 4 is 8.32 Å². The van der Waals surface area contributed by atoms with Crippen LogP contribution in [0, 0.1) is 11.8 Å². The first-order valence-electron chi connectivity index (χ1n) is 9.22. The average molecular weight is 350 g/mol. The molecule has 0 spiro atoms. The summed E-state index contributed by atoms with van der Waals surface area (Å²) in [6.45, 7) is 15.6. The topological polar surface area (TPSA) is 32.7 Å². The summed E-state index contributed by atoms with van der Waals surface area (Å²) in [5, 5.41) is 9.94. The molecule has 4 heteroatoms. The quantitative estimate of drug-likeness (QED) is 0.784. The third-order valence-electron chi connectivity index (χ3n) is 5.69. The second-order valence-electron chi connectivity index (χ2n) is 8.90. The van der Waals surface area contributed by atoms with E-state index in [9.17, 15) is 5.11 Å². The fourth-order valence-corrected chi connectivity index (χ4v) is 4.28. The van der Waals surface area contributed by atoms with Crippen molar-refractivity contribution in [2.45, 2.75) is 51.9 Å². The Morgan fingerprint density at radius 1 is 1.12 bits per heavy atom. The molecule has 1 saturated heterocycles. The van der Waals surface area contributed by atoms with E-state index in [0.717, 1.165) is 32.7 Å². The molecule has 1 fully saturated rings. The Kier molecular flexibility index (Phi) is 6.65. The normalized spacial score (nSPS) is 23.4. The van der Waals surface area contributed by atoms with Crippen molar-refractivity contribution in [1.29, 1.82) is 0 Å². The molecule has 3 nitrogen and oxygen atoms in total. The van der Waals surface area contributed by atoms with Crippen LogP contribution in [-0.4, -0.2) is 44.6 Å². The van der Waals surface area contributed by atoms with Crippen LogP contribution in [0.15, 0.2) is 30.3 Å². The SMILES string of the molecule is CC(C)(C)[Si](C)(C)OCC1CC(CO)CN(Cc2ccccc2)C1. The number of aliphatic hydroxyl groups is 1. The van der Waals surface area contributed by atoms with Gasteiger partial charge in [0.2, 0.25) is 0 Å². The minimum absolute atomic E-state index is 0.252. The lowest BCUT2D eigenvalue weighted by molar-refractivity contribution is 0.0562. The predicted molar refractivity (Wildman–Crippen MR) is 104 cm³/mol. The van der Waals surface area contributed by atoms with Crippen molar-refractivity contribution in [2.24, 2.45) is 11.8 Å². The molecule has 0 amide bonds. The summed E-state index contributed by atoms with van der Waals surface area (Å²) in [4.78, 5) is 2.49. The van der Waals surface area contributed by atoms with Crippen molar-refractivity contribution in [2.75, 3.05) is 26.3 Å². The van der Waals surface area contributed by atoms with Crippen molar-refractivity contribution < 1.29 is 9.53 Å². The number of hydrogen-bond acceptors (Lipinski definition) is 3. The second kappa shape index (κ2) is 8.13. The molecule has 136 valence electrons. The van der Waals surface area contributed by atoms with Gasteiger partial charge in [-0.3, -0.25) is 4.90 Å². The van der Waals surface area contributed by atoms with E-state index < -0.39 is 8.32 Å². The van der Waals surface area contributed by atoms with Crippen molar-refractivity contribution in [3.05, 3.63) is 35.9 Å². The lowest BCUT2D eigenvalue weighted by Crippen LogP contribution is -2.46. The molecule has 0 radical (unpaired) electrons. The highest BCUT2D eigenvalue weighted by molar-refractivity contribution is 6.74. The molecule has 1 aromatic rings. The van der Waals surface area contributed by atoms with Crippen LogP contribution in [0.1, 0.15) is 32.8 Å². The Labute approximate surface area is 149 Å². The molecule has 2 atom stereocenters. The summed E-state index contributed by atoms with van der Waals surface area (Å²) in [5.41, 5.74) is 1.35. The number of aliphatic hydroxyl groups excluding tert-OH is 1. The number of likely N-dealkylation sites (tertiary alicyclic amines) is 1. The van der Waals surface area contributed by atoms with E-state index in [-0.39, 0.29) is 11.6 Å². The van der Waals surface area contributed by atoms with Crippen LogP contribution < -0.4 is 0 Å². The first-order chi connectivity index (χ1) is 11.2. The van der Waals surface area contributed by atoms with E-state index in [0.29, 0.717) is 11.8 Å². The minimum atomic E-state index is -1.70. The highest BCUT2D eigenvalue weighted by atomic mass is 28.4. The Hall–Kier alpha value is -0.683. The molecule has 24 heavy (non-hydrogen) atoms. The molecule has 1 aliphatic heterocycles. The maximum atomic E-state index is 9.69. The largest absolute Gasteiger partial charge is 0.416 e. The highest BCUT2D eigenvalue weighted by Gasteiger charge is 2.38. The highest BCUT2D eigenvalue weighted by Crippen LogP contribution is 2.37. The van der Waals surface area contributed by atoms with Gasteiger partial charge in [0, 0.05) is 32.8 Å². The third kappa shape index (κ3) is 5.41. The van der Waals surface area contributed by atoms with Crippen LogP contribution in [0.25, 0.3) is 0 Å². The summed E-state index contributed by atoms with van der Waals surface area (Å²) in [5.74, 6) is 0.893. The van der Waals surface area contributed by atoms with Crippen molar-refractivity contribution in [1.82, 2.24) is 4.90 Å². The van der Waals surface area contributed by atoms with Crippen LogP contribution >= 0.6 is 0 Å². The second-order valence-corrected chi connectivity index (χ2v) is 13.7. The Balaban J connectivity index is 1.95. The minimum Gasteiger partial charge on any atom is -0.416 e. The van der Waals surface area contributed by atoms with Crippen molar-refractivity contribution in [3.8, 4) is 0 Å². The number of piperidine rings is 1. The Morgan fingerprint density at radius 3 is 2.33 bits per heavy atom. The lowest BCUT2D eigenvalue weighted by Gasteiger charge is -2.41. The van der Waals surface area contributed by atoms with Gasteiger partial charge in [0.1, 0.15) is 0 Å². The fourth-order valence-electron chi connectivity index (χ4n) is 3.19. The zero-order valence-electron chi connectivity index (χ0n) is 16.1. The van der Waals surface area contributed by atoms with E-state index in [4.69, 9.17) is 4.43 Å². The van der Waals surface area contributed by atoms with E-state index in [2.05, 4.69) is 69.1 Å². The molecule has 1 heterocycles. The van der Waals surface area contributed by atoms with Crippen LogP contribution in [-0.2, 0) is 11.0 Å². The van der Waals surface area contributed by atoms with E-state index in [1.54, 1.807) is 0 Å². The van der Waals surface area contributed by atoms with Gasteiger partial charge in [-0.05, 0) is 42.0 Å². The molecule has 2 rings (SSSR count). The zero-order chi connectivity index (χ0) is 17.8. The maximum absolute atomic E-state index is 9.69. The van der Waals surface area contributed by atoms with E-state index in [1.165, 1.54) is 5.56 Å². The molecular weight excluding hydrogens is 314 g/mol. The molecule has 0 bridgehead atoms. The predicted octanol–water partition coefficient (Wildman–Crippen LogP) is 4.14. The molecule has 1 N–H and O–H groups in total. The van der Waals surface area contributed by atoms with Gasteiger partial charge in [-0.2, -0.15) is 0 Å². The summed E-state index contributed by atoms with van der Waals surface area (Å²) in [7, 11) is -1.70. The van der Waals surface area contributed by atoms with Gasteiger partial charge >= 0.3 is 0 Å². The van der Waals surface area contributed by atoms with Gasteiger partial charge in [0.05, 0.1) is 0 Å². The molecule has 0 aliphatic carbocycles. The lowest BCUT2D eigenvalue weighted by atomic mass is 9.90. The van der Waals surface area contributed by atoms with Gasteiger partial charge < -0.3 is 9.53 Å². The molecule has 0 saturated carbocycles. The molecule has 1 aliphatic rings. The smallest absolute Gasteiger partial charge is 0.191 e. The summed E-state index contributed by atoms with van der Waals surface area (Å²) < 4.78 is 6.46. The number of rotatable bonds is 6. The monoisotopic (exact) mass is 349 g/mol. The summed E-state index contributed by atoms with van der Waals surface area (Å²) in [6.07, 6.45) is 1.08. The molecule has 2 unspecified atom stereocenters. The Bertz CT molecular complexity index is 498. The molecular formula is C20H35NO2Si. The fraction of sp³-hybridized carbons (Fsp3) is 0.700. The van der Waals surface area contributed by atoms with E-state index >= 15 is 0 Å². The van der Waals surface area contributed by atoms with Gasteiger partial charge in [-0.1, -0.05) is 51.1 Å². The van der Waals surface area contributed by atoms with Gasteiger partial charge in [0.15, 0.2) is 8.32 Å². The zero-order valence-corrected chi connectivity index (χ0v) is 17.1. The van der Waals surface area contributed by atoms with Crippen molar-refractivity contribution in [3.63, 3.8) is 0 Å². The van der Waals surface area contributed by atoms with Crippen LogP contribution in [0.4, 0.5) is 0 Å². The van der Waals surface area contributed by atoms with Crippen LogP contribution in [0.2, 0.25) is 18.1 Å².